The standard InChI is InChI=1S/C23H27F3N6O6S/c1-4-7-36-19(20-27-9-13(2)10-28-20)14(3)39(34,35)31-22-30-29-21-17-8-16(38-23(24,25)26)5-6-18(17)37-12-15(11-33)32(21)22/h5-6,8-10,14-15,19,33H,4,7,11-12H2,1-3H3,(H,30,31)/t14-,15+,19+/m0/s1. The summed E-state index contributed by atoms with van der Waals surface area (Å²) in [6, 6.07) is 2.52. The van der Waals surface area contributed by atoms with Gasteiger partial charge < -0.3 is 19.3 Å². The third-order valence-corrected chi connectivity index (χ3v) is 7.53. The number of aliphatic hydroxyl groups is 1. The highest BCUT2D eigenvalue weighted by Gasteiger charge is 2.37. The molecule has 0 saturated carbocycles. The van der Waals surface area contributed by atoms with Crippen molar-refractivity contribution < 1.29 is 40.9 Å². The van der Waals surface area contributed by atoms with Gasteiger partial charge in [0.15, 0.2) is 11.6 Å². The highest BCUT2D eigenvalue weighted by Crippen LogP contribution is 2.39. The molecule has 0 unspecified atom stereocenters. The van der Waals surface area contributed by atoms with Gasteiger partial charge in [0, 0.05) is 19.0 Å². The largest absolute Gasteiger partial charge is 0.573 e. The predicted octanol–water partition coefficient (Wildman–Crippen LogP) is 3.17. The summed E-state index contributed by atoms with van der Waals surface area (Å²) in [5, 5.41) is 16.7. The molecule has 212 valence electrons. The third kappa shape index (κ3) is 6.39. The van der Waals surface area contributed by atoms with Crippen molar-refractivity contribution in [1.29, 1.82) is 0 Å². The number of aromatic nitrogens is 5. The van der Waals surface area contributed by atoms with E-state index in [-0.39, 0.29) is 42.1 Å². The molecule has 0 radical (unpaired) electrons. The van der Waals surface area contributed by atoms with Crippen LogP contribution in [0.25, 0.3) is 11.4 Å². The number of halogens is 3. The molecular weight excluding hydrogens is 545 g/mol. The monoisotopic (exact) mass is 572 g/mol. The number of aliphatic hydroxyl groups excluding tert-OH is 1. The molecule has 1 aliphatic rings. The van der Waals surface area contributed by atoms with Crippen molar-refractivity contribution in [1.82, 2.24) is 24.7 Å². The van der Waals surface area contributed by atoms with E-state index < -0.39 is 46.1 Å². The topological polar surface area (TPSA) is 151 Å². The molecule has 0 saturated heterocycles. The molecule has 3 atom stereocenters. The van der Waals surface area contributed by atoms with Crippen LogP contribution in [0.2, 0.25) is 0 Å². The van der Waals surface area contributed by atoms with Crippen LogP contribution in [0.4, 0.5) is 19.1 Å². The van der Waals surface area contributed by atoms with Crippen LogP contribution < -0.4 is 14.2 Å². The van der Waals surface area contributed by atoms with Gasteiger partial charge in [0.25, 0.3) is 0 Å². The van der Waals surface area contributed by atoms with Gasteiger partial charge in [0.05, 0.1) is 18.2 Å². The SMILES string of the molecule is CCCO[C@@H](c1ncc(C)cn1)[C@H](C)S(=O)(=O)Nc1nnc2n1[C@H](CO)COc1ccc(OC(F)(F)F)cc1-2. The number of ether oxygens (including phenoxy) is 3. The Labute approximate surface area is 222 Å². The average Bonchev–Trinajstić information content (AvgIpc) is 3.20. The van der Waals surface area contributed by atoms with Crippen LogP contribution >= 0.6 is 0 Å². The molecule has 0 fully saturated rings. The maximum atomic E-state index is 13.5. The summed E-state index contributed by atoms with van der Waals surface area (Å²) in [4.78, 5) is 8.45. The third-order valence-electron chi connectivity index (χ3n) is 5.83. The van der Waals surface area contributed by atoms with Crippen molar-refractivity contribution in [2.45, 2.75) is 51.0 Å². The van der Waals surface area contributed by atoms with E-state index in [9.17, 15) is 26.7 Å². The first-order valence-electron chi connectivity index (χ1n) is 11.9. The summed E-state index contributed by atoms with van der Waals surface area (Å²) < 4.78 is 84.5. The van der Waals surface area contributed by atoms with E-state index >= 15 is 0 Å². The maximum absolute atomic E-state index is 13.5. The fraction of sp³-hybridized carbons (Fsp3) is 0.478. The molecule has 2 N–H and O–H groups in total. The number of anilines is 1. The average molecular weight is 573 g/mol. The molecule has 1 aromatic carbocycles. The summed E-state index contributed by atoms with van der Waals surface area (Å²) in [6.45, 7) is 4.70. The number of rotatable bonds is 10. The fourth-order valence-electron chi connectivity index (χ4n) is 3.89. The molecule has 3 aromatic rings. The summed E-state index contributed by atoms with van der Waals surface area (Å²) in [7, 11) is -4.23. The Morgan fingerprint density at radius 3 is 2.62 bits per heavy atom. The highest BCUT2D eigenvalue weighted by atomic mass is 32.2. The molecule has 1 aliphatic heterocycles. The van der Waals surface area contributed by atoms with E-state index in [2.05, 4.69) is 29.6 Å². The van der Waals surface area contributed by atoms with E-state index in [4.69, 9.17) is 9.47 Å². The van der Waals surface area contributed by atoms with Crippen LogP contribution in [0.1, 0.15) is 43.8 Å². The van der Waals surface area contributed by atoms with Crippen molar-refractivity contribution in [2.24, 2.45) is 0 Å². The Balaban J connectivity index is 1.70. The summed E-state index contributed by atoms with van der Waals surface area (Å²) in [6.07, 6.45) is -2.23. The first-order chi connectivity index (χ1) is 18.4. The van der Waals surface area contributed by atoms with Crippen molar-refractivity contribution >= 4 is 16.0 Å². The quantitative estimate of drug-likeness (QED) is 0.371. The number of hydrogen-bond acceptors (Lipinski definition) is 10. The van der Waals surface area contributed by atoms with Gasteiger partial charge in [0.1, 0.15) is 29.5 Å². The van der Waals surface area contributed by atoms with E-state index in [0.29, 0.717) is 6.42 Å². The molecule has 16 heteroatoms. The number of alkyl halides is 3. The molecule has 12 nitrogen and oxygen atoms in total. The van der Waals surface area contributed by atoms with Crippen LogP contribution in [0.3, 0.4) is 0 Å². The van der Waals surface area contributed by atoms with Gasteiger partial charge in [0.2, 0.25) is 16.0 Å². The Hall–Kier alpha value is -3.50. The van der Waals surface area contributed by atoms with Gasteiger partial charge in [-0.25, -0.2) is 18.4 Å². The van der Waals surface area contributed by atoms with Gasteiger partial charge in [-0.1, -0.05) is 6.92 Å². The zero-order chi connectivity index (χ0) is 28.4. The number of benzene rings is 1. The van der Waals surface area contributed by atoms with Crippen molar-refractivity contribution in [3.05, 3.63) is 42.0 Å². The minimum atomic E-state index is -4.93. The summed E-state index contributed by atoms with van der Waals surface area (Å²) in [5.74, 6) is -0.499. The van der Waals surface area contributed by atoms with Crippen molar-refractivity contribution in [3.63, 3.8) is 0 Å². The minimum Gasteiger partial charge on any atom is -0.491 e. The van der Waals surface area contributed by atoms with E-state index in [0.717, 1.165) is 17.7 Å². The number of fused-ring (bicyclic) bond motifs is 3. The molecule has 2 aromatic heterocycles. The molecule has 4 rings (SSSR count). The van der Waals surface area contributed by atoms with Crippen LogP contribution in [0.5, 0.6) is 11.5 Å². The lowest BCUT2D eigenvalue weighted by Crippen LogP contribution is -2.34. The molecule has 3 heterocycles. The lowest BCUT2D eigenvalue weighted by molar-refractivity contribution is -0.274. The van der Waals surface area contributed by atoms with Gasteiger partial charge in [-0.05, 0) is 44.0 Å². The minimum absolute atomic E-state index is 0.0276. The maximum Gasteiger partial charge on any atom is 0.573 e. The zero-order valence-electron chi connectivity index (χ0n) is 21.2. The zero-order valence-corrected chi connectivity index (χ0v) is 22.0. The smallest absolute Gasteiger partial charge is 0.491 e. The highest BCUT2D eigenvalue weighted by molar-refractivity contribution is 7.93. The molecular formula is C23H27F3N6O6S. The summed E-state index contributed by atoms with van der Waals surface area (Å²) >= 11 is 0. The number of nitrogens with one attached hydrogen (secondary N) is 1. The second-order valence-corrected chi connectivity index (χ2v) is 10.9. The van der Waals surface area contributed by atoms with Gasteiger partial charge >= 0.3 is 6.36 Å². The van der Waals surface area contributed by atoms with E-state index in [1.54, 1.807) is 19.3 Å². The lowest BCUT2D eigenvalue weighted by atomic mass is 10.1. The van der Waals surface area contributed by atoms with E-state index in [1.165, 1.54) is 17.6 Å². The van der Waals surface area contributed by atoms with Crippen LogP contribution in [-0.4, -0.2) is 69.7 Å². The van der Waals surface area contributed by atoms with E-state index in [1.807, 2.05) is 6.92 Å². The van der Waals surface area contributed by atoms with Crippen molar-refractivity contribution in [3.8, 4) is 22.9 Å². The molecule has 0 bridgehead atoms. The van der Waals surface area contributed by atoms with Gasteiger partial charge in [-0.2, -0.15) is 0 Å². The molecule has 0 aliphatic carbocycles. The Morgan fingerprint density at radius 2 is 1.97 bits per heavy atom. The number of aryl methyl sites for hydroxylation is 1. The van der Waals surface area contributed by atoms with Crippen LogP contribution in [-0.2, 0) is 14.8 Å². The molecule has 0 amide bonds. The number of nitrogens with zero attached hydrogens (tertiary/aromatic N) is 5. The number of hydrogen-bond donors (Lipinski definition) is 2. The lowest BCUT2D eigenvalue weighted by Gasteiger charge is -2.24. The van der Waals surface area contributed by atoms with Crippen LogP contribution in [0, 0.1) is 6.92 Å². The second-order valence-electron chi connectivity index (χ2n) is 8.83. The fourth-order valence-corrected chi connectivity index (χ4v) is 4.99. The number of sulfonamides is 1. The Morgan fingerprint density at radius 1 is 1.26 bits per heavy atom. The van der Waals surface area contributed by atoms with Crippen LogP contribution in [0.15, 0.2) is 30.6 Å². The molecule has 39 heavy (non-hydrogen) atoms. The molecule has 0 spiro atoms. The second kappa shape index (κ2) is 11.3. The Bertz CT molecular complexity index is 1400. The van der Waals surface area contributed by atoms with Gasteiger partial charge in [-0.3, -0.25) is 9.29 Å². The normalized spacial score (nSPS) is 16.8. The summed E-state index contributed by atoms with van der Waals surface area (Å²) in [5.41, 5.74) is 0.852. The first-order valence-corrected chi connectivity index (χ1v) is 13.5. The van der Waals surface area contributed by atoms with Gasteiger partial charge in [-0.15, -0.1) is 23.4 Å². The Kier molecular flexibility index (Phi) is 8.27. The van der Waals surface area contributed by atoms with Crippen molar-refractivity contribution in [2.75, 3.05) is 24.5 Å². The predicted molar refractivity (Wildman–Crippen MR) is 132 cm³/mol. The first kappa shape index (κ1) is 28.5.